The van der Waals surface area contributed by atoms with Gasteiger partial charge in [0.2, 0.25) is 11.8 Å². The highest BCUT2D eigenvalue weighted by Gasteiger charge is 2.48. The fraction of sp³-hybridized carbons (Fsp3) is 0.318. The lowest BCUT2D eigenvalue weighted by molar-refractivity contribution is -0.147. The van der Waals surface area contributed by atoms with Crippen molar-refractivity contribution in [2.45, 2.75) is 35.9 Å². The van der Waals surface area contributed by atoms with Crippen LogP contribution in [-0.4, -0.2) is 53.7 Å². The van der Waals surface area contributed by atoms with Gasteiger partial charge in [-0.05, 0) is 36.4 Å². The Hall–Kier alpha value is -3.00. The number of thioether (sulfide) groups is 1. The van der Waals surface area contributed by atoms with Crippen molar-refractivity contribution < 1.29 is 14.4 Å². The molecular formula is C22H24N4O3S. The Morgan fingerprint density at radius 3 is 2.73 bits per heavy atom. The molecule has 30 heavy (non-hydrogen) atoms. The minimum atomic E-state index is -0.673. The predicted octanol–water partition coefficient (Wildman–Crippen LogP) is 2.24. The number of carbonyl (C=O) groups excluding carboxylic acids is 3. The summed E-state index contributed by atoms with van der Waals surface area (Å²) in [6.45, 7) is 0.453. The second kappa shape index (κ2) is 8.79. The molecule has 2 aliphatic rings. The first-order valence-electron chi connectivity index (χ1n) is 9.91. The zero-order chi connectivity index (χ0) is 21.1. The van der Waals surface area contributed by atoms with Crippen molar-refractivity contribution in [2.75, 3.05) is 18.1 Å². The molecule has 2 heterocycles. The topological polar surface area (TPSA) is 90.5 Å². The lowest BCUT2D eigenvalue weighted by atomic mass is 9.99. The molecule has 156 valence electrons. The summed E-state index contributed by atoms with van der Waals surface area (Å²) in [5, 5.41) is 8.53. The van der Waals surface area contributed by atoms with Crippen LogP contribution in [0, 0.1) is 0 Å². The van der Waals surface area contributed by atoms with Crippen LogP contribution in [0.1, 0.15) is 12.0 Å². The van der Waals surface area contributed by atoms with Crippen LogP contribution in [0.15, 0.2) is 59.5 Å². The first kappa shape index (κ1) is 20.3. The molecule has 3 atom stereocenters. The van der Waals surface area contributed by atoms with Gasteiger partial charge >= 0.3 is 6.03 Å². The quantitative estimate of drug-likeness (QED) is 0.642. The molecule has 2 aliphatic heterocycles. The minimum Gasteiger partial charge on any atom is -0.342 e. The number of nitrogens with zero attached hydrogens (tertiary/aromatic N) is 1. The van der Waals surface area contributed by atoms with E-state index in [9.17, 15) is 14.4 Å². The van der Waals surface area contributed by atoms with E-state index in [0.717, 1.165) is 10.5 Å². The van der Waals surface area contributed by atoms with E-state index in [4.69, 9.17) is 0 Å². The Kier molecular flexibility index (Phi) is 5.94. The summed E-state index contributed by atoms with van der Waals surface area (Å²) in [5.74, 6) is -0.316. The number of urea groups is 1. The van der Waals surface area contributed by atoms with Crippen molar-refractivity contribution in [3.63, 3.8) is 0 Å². The molecule has 4 amide bonds. The first-order chi connectivity index (χ1) is 14.5. The Bertz CT molecular complexity index is 952. The van der Waals surface area contributed by atoms with Gasteiger partial charge in [-0.3, -0.25) is 9.59 Å². The van der Waals surface area contributed by atoms with Gasteiger partial charge in [0, 0.05) is 23.5 Å². The average Bonchev–Trinajstić information content (AvgIpc) is 3.17. The van der Waals surface area contributed by atoms with Gasteiger partial charge in [0.05, 0.1) is 6.04 Å². The van der Waals surface area contributed by atoms with Gasteiger partial charge < -0.3 is 20.9 Å². The molecule has 4 rings (SSSR count). The first-order valence-corrected chi connectivity index (χ1v) is 11.1. The highest BCUT2D eigenvalue weighted by molar-refractivity contribution is 7.98. The van der Waals surface area contributed by atoms with E-state index in [1.807, 2.05) is 60.9 Å². The van der Waals surface area contributed by atoms with Gasteiger partial charge in [-0.25, -0.2) is 4.79 Å². The fourth-order valence-corrected chi connectivity index (χ4v) is 4.52. The van der Waals surface area contributed by atoms with Crippen molar-refractivity contribution in [3.8, 4) is 0 Å². The van der Waals surface area contributed by atoms with Crippen LogP contribution >= 0.6 is 11.8 Å². The van der Waals surface area contributed by atoms with Crippen LogP contribution in [0.25, 0.3) is 0 Å². The van der Waals surface area contributed by atoms with Crippen LogP contribution in [-0.2, 0) is 16.0 Å². The van der Waals surface area contributed by atoms with Gasteiger partial charge in [-0.2, -0.15) is 0 Å². The smallest absolute Gasteiger partial charge is 0.319 e. The lowest BCUT2D eigenvalue weighted by Gasteiger charge is -2.36. The molecule has 2 saturated heterocycles. The third-order valence-corrected chi connectivity index (χ3v) is 6.22. The van der Waals surface area contributed by atoms with Gasteiger partial charge in [-0.15, -0.1) is 11.8 Å². The number of carbonyl (C=O) groups is 3. The lowest BCUT2D eigenvalue weighted by Crippen LogP contribution is -2.65. The van der Waals surface area contributed by atoms with Crippen molar-refractivity contribution in [1.29, 1.82) is 0 Å². The van der Waals surface area contributed by atoms with Crippen molar-refractivity contribution in [2.24, 2.45) is 0 Å². The third kappa shape index (κ3) is 4.28. The SMILES string of the molecule is CSc1cccc(NC(=O)NC2CCN3C(=O)C(Cc4ccccc4)NC(=O)C23)c1. The standard InChI is InChI=1S/C22H24N4O3S/c1-30-16-9-5-8-15(13-16)23-22(29)25-17-10-11-26-19(17)20(27)24-18(21(26)28)12-14-6-3-2-4-7-14/h2-9,13,17-19H,10-12H2,1H3,(H,24,27)(H2,23,25,29). The fourth-order valence-electron chi connectivity index (χ4n) is 4.06. The summed E-state index contributed by atoms with van der Waals surface area (Å²) >= 11 is 1.59. The number of piperazine rings is 1. The summed E-state index contributed by atoms with van der Waals surface area (Å²) in [6.07, 6.45) is 2.97. The Morgan fingerprint density at radius 2 is 1.97 bits per heavy atom. The van der Waals surface area contributed by atoms with Gasteiger partial charge in [0.25, 0.3) is 0 Å². The molecule has 8 heteroatoms. The predicted molar refractivity (Wildman–Crippen MR) is 116 cm³/mol. The van der Waals surface area contributed by atoms with Crippen LogP contribution in [0.2, 0.25) is 0 Å². The Balaban J connectivity index is 1.39. The molecule has 3 N–H and O–H groups in total. The number of anilines is 1. The van der Waals surface area contributed by atoms with Gasteiger partial charge in [-0.1, -0.05) is 36.4 Å². The third-order valence-electron chi connectivity index (χ3n) is 5.49. The molecule has 0 aromatic heterocycles. The van der Waals surface area contributed by atoms with Crippen LogP contribution in [0.5, 0.6) is 0 Å². The number of benzene rings is 2. The zero-order valence-corrected chi connectivity index (χ0v) is 17.4. The molecule has 2 aromatic rings. The van der Waals surface area contributed by atoms with Gasteiger partial charge in [0.1, 0.15) is 12.1 Å². The molecule has 0 aliphatic carbocycles. The minimum absolute atomic E-state index is 0.0965. The summed E-state index contributed by atoms with van der Waals surface area (Å²) in [5.41, 5.74) is 1.68. The maximum Gasteiger partial charge on any atom is 0.319 e. The second-order valence-electron chi connectivity index (χ2n) is 7.45. The number of rotatable bonds is 5. The van der Waals surface area contributed by atoms with E-state index in [-0.39, 0.29) is 17.8 Å². The highest BCUT2D eigenvalue weighted by atomic mass is 32.2. The summed E-state index contributed by atoms with van der Waals surface area (Å²) in [6, 6.07) is 15.1. The molecule has 0 radical (unpaired) electrons. The summed E-state index contributed by atoms with van der Waals surface area (Å²) < 4.78 is 0. The Morgan fingerprint density at radius 1 is 1.17 bits per heavy atom. The van der Waals surface area contributed by atoms with Crippen molar-refractivity contribution in [3.05, 3.63) is 60.2 Å². The van der Waals surface area contributed by atoms with E-state index >= 15 is 0 Å². The van der Waals surface area contributed by atoms with Crippen molar-refractivity contribution in [1.82, 2.24) is 15.5 Å². The van der Waals surface area contributed by atoms with Gasteiger partial charge in [0.15, 0.2) is 0 Å². The van der Waals surface area contributed by atoms with Crippen molar-refractivity contribution >= 4 is 35.3 Å². The number of hydrogen-bond acceptors (Lipinski definition) is 4. The van der Waals surface area contributed by atoms with Crippen LogP contribution < -0.4 is 16.0 Å². The molecule has 0 spiro atoms. The number of nitrogens with one attached hydrogen (secondary N) is 3. The van der Waals surface area contributed by atoms with Crippen LogP contribution in [0.3, 0.4) is 0 Å². The van der Waals surface area contributed by atoms with E-state index in [2.05, 4.69) is 16.0 Å². The molecule has 0 saturated carbocycles. The second-order valence-corrected chi connectivity index (χ2v) is 8.33. The van der Waals surface area contributed by atoms with E-state index in [0.29, 0.717) is 25.1 Å². The summed E-state index contributed by atoms with van der Waals surface area (Å²) in [7, 11) is 0. The molecule has 2 fully saturated rings. The molecule has 2 aromatic carbocycles. The average molecular weight is 425 g/mol. The molecular weight excluding hydrogens is 400 g/mol. The van der Waals surface area contributed by atoms with E-state index < -0.39 is 18.1 Å². The van der Waals surface area contributed by atoms with E-state index in [1.54, 1.807) is 16.7 Å². The Labute approximate surface area is 179 Å². The normalized spacial score (nSPS) is 23.0. The largest absolute Gasteiger partial charge is 0.342 e. The highest BCUT2D eigenvalue weighted by Crippen LogP contribution is 2.24. The monoisotopic (exact) mass is 424 g/mol. The number of fused-ring (bicyclic) bond motifs is 1. The molecule has 3 unspecified atom stereocenters. The maximum atomic E-state index is 12.9. The maximum absolute atomic E-state index is 12.9. The number of hydrogen-bond donors (Lipinski definition) is 3. The molecule has 0 bridgehead atoms. The molecule has 7 nitrogen and oxygen atoms in total. The zero-order valence-electron chi connectivity index (χ0n) is 16.6. The number of amides is 4. The van der Waals surface area contributed by atoms with E-state index in [1.165, 1.54) is 0 Å². The van der Waals surface area contributed by atoms with Crippen LogP contribution in [0.4, 0.5) is 10.5 Å². The summed E-state index contributed by atoms with van der Waals surface area (Å²) in [4.78, 5) is 40.8.